The van der Waals surface area contributed by atoms with Crippen LogP contribution in [0.4, 0.5) is 0 Å². The van der Waals surface area contributed by atoms with Crippen molar-refractivity contribution in [3.63, 3.8) is 0 Å². The van der Waals surface area contributed by atoms with Crippen molar-refractivity contribution in [3.05, 3.63) is 71.4 Å². The minimum Gasteiger partial charge on any atom is -0.496 e. The van der Waals surface area contributed by atoms with Gasteiger partial charge in [0.05, 0.1) is 12.7 Å². The van der Waals surface area contributed by atoms with E-state index in [1.54, 1.807) is 7.11 Å². The Hall–Kier alpha value is -3.08. The molecule has 1 saturated heterocycles. The smallest absolute Gasteiger partial charge is 0.278 e. The van der Waals surface area contributed by atoms with Gasteiger partial charge >= 0.3 is 0 Å². The van der Waals surface area contributed by atoms with Crippen molar-refractivity contribution < 1.29 is 14.3 Å². The first-order valence-electron chi connectivity index (χ1n) is 11.1. The van der Waals surface area contributed by atoms with E-state index in [-0.39, 0.29) is 17.9 Å². The molecule has 2 aromatic rings. The number of hydrogen-bond acceptors (Lipinski definition) is 4. The van der Waals surface area contributed by atoms with Gasteiger partial charge < -0.3 is 9.64 Å². The summed E-state index contributed by atoms with van der Waals surface area (Å²) < 4.78 is 5.52. The molecular formula is C26H30N2O3. The Morgan fingerprint density at radius 1 is 0.935 bits per heavy atom. The zero-order valence-corrected chi connectivity index (χ0v) is 18.5. The Labute approximate surface area is 184 Å². The maximum absolute atomic E-state index is 13.4. The lowest BCUT2D eigenvalue weighted by atomic mass is 9.89. The monoisotopic (exact) mass is 418 g/mol. The van der Waals surface area contributed by atoms with Gasteiger partial charge in [-0.15, -0.1) is 0 Å². The molecule has 4 rings (SSSR count). The predicted octanol–water partition coefficient (Wildman–Crippen LogP) is 4.14. The van der Waals surface area contributed by atoms with Crippen LogP contribution in [-0.4, -0.2) is 47.9 Å². The summed E-state index contributed by atoms with van der Waals surface area (Å²) in [6.45, 7) is 5.31. The van der Waals surface area contributed by atoms with Crippen molar-refractivity contribution in [1.82, 2.24) is 9.80 Å². The van der Waals surface area contributed by atoms with E-state index in [4.69, 9.17) is 4.74 Å². The van der Waals surface area contributed by atoms with E-state index in [2.05, 4.69) is 29.2 Å². The summed E-state index contributed by atoms with van der Waals surface area (Å²) in [6, 6.07) is 17.8. The number of rotatable bonds is 6. The van der Waals surface area contributed by atoms with E-state index < -0.39 is 0 Å². The van der Waals surface area contributed by atoms with Gasteiger partial charge in [0.15, 0.2) is 0 Å². The van der Waals surface area contributed by atoms with Crippen LogP contribution >= 0.6 is 0 Å². The quantitative estimate of drug-likeness (QED) is 0.662. The number of benzene rings is 2. The fourth-order valence-corrected chi connectivity index (χ4v) is 4.70. The molecule has 0 aromatic heterocycles. The first-order valence-corrected chi connectivity index (χ1v) is 11.1. The number of likely N-dealkylation sites (tertiary alicyclic amines) is 1. The average molecular weight is 419 g/mol. The molecule has 2 aliphatic heterocycles. The summed E-state index contributed by atoms with van der Waals surface area (Å²) in [7, 11) is 1.59. The van der Waals surface area contributed by atoms with Gasteiger partial charge in [0.25, 0.3) is 11.8 Å². The van der Waals surface area contributed by atoms with E-state index in [9.17, 15) is 9.59 Å². The van der Waals surface area contributed by atoms with Gasteiger partial charge in [0, 0.05) is 24.7 Å². The van der Waals surface area contributed by atoms with Gasteiger partial charge in [-0.3, -0.25) is 14.5 Å². The number of carbonyl (C=O) groups is 2. The normalized spacial score (nSPS) is 17.8. The summed E-state index contributed by atoms with van der Waals surface area (Å²) >= 11 is 0. The fourth-order valence-electron chi connectivity index (χ4n) is 4.70. The maximum atomic E-state index is 13.4. The van der Waals surface area contributed by atoms with Crippen molar-refractivity contribution in [2.75, 3.05) is 20.2 Å². The number of imide groups is 1. The first-order chi connectivity index (χ1) is 15.0. The average Bonchev–Trinajstić information content (AvgIpc) is 3.05. The second kappa shape index (κ2) is 8.96. The molecule has 2 heterocycles. The molecule has 31 heavy (non-hydrogen) atoms. The van der Waals surface area contributed by atoms with Crippen molar-refractivity contribution in [3.8, 4) is 5.75 Å². The topological polar surface area (TPSA) is 49.9 Å². The zero-order chi connectivity index (χ0) is 22.0. The summed E-state index contributed by atoms with van der Waals surface area (Å²) in [6.07, 6.45) is 3.06. The van der Waals surface area contributed by atoms with Crippen LogP contribution in [0, 0.1) is 5.92 Å². The molecule has 5 nitrogen and oxygen atoms in total. The molecule has 0 radical (unpaired) electrons. The largest absolute Gasteiger partial charge is 0.496 e. The standard InChI is InChI=1S/C26H30N2O3/c1-18(2)28-25(29)23(21-11-7-8-12-22(21)31-3)24(26(28)30)27-15-13-20(14-16-27)17-19-9-5-4-6-10-19/h4-12,18,20H,13-17H2,1-3H3. The molecule has 0 N–H and O–H groups in total. The number of methoxy groups -OCH3 is 1. The molecule has 0 aliphatic carbocycles. The van der Waals surface area contributed by atoms with E-state index >= 15 is 0 Å². The minimum absolute atomic E-state index is 0.192. The predicted molar refractivity (Wildman–Crippen MR) is 121 cm³/mol. The van der Waals surface area contributed by atoms with Crippen LogP contribution in [0.25, 0.3) is 5.57 Å². The molecule has 2 aromatic carbocycles. The molecular weight excluding hydrogens is 388 g/mol. The Kier molecular flexibility index (Phi) is 6.12. The summed E-state index contributed by atoms with van der Waals surface area (Å²) in [4.78, 5) is 30.2. The van der Waals surface area contributed by atoms with Crippen LogP contribution in [-0.2, 0) is 16.0 Å². The molecule has 0 saturated carbocycles. The van der Waals surface area contributed by atoms with E-state index in [1.807, 2.05) is 44.2 Å². The number of ether oxygens (including phenoxy) is 1. The molecule has 2 aliphatic rings. The Morgan fingerprint density at radius 2 is 1.58 bits per heavy atom. The van der Waals surface area contributed by atoms with Gasteiger partial charge in [-0.1, -0.05) is 48.5 Å². The third kappa shape index (κ3) is 4.09. The number of para-hydroxylation sites is 1. The van der Waals surface area contributed by atoms with E-state index in [1.165, 1.54) is 10.5 Å². The van der Waals surface area contributed by atoms with E-state index in [0.29, 0.717) is 28.5 Å². The first kappa shape index (κ1) is 21.2. The molecule has 162 valence electrons. The molecule has 5 heteroatoms. The van der Waals surface area contributed by atoms with Crippen molar-refractivity contribution in [1.29, 1.82) is 0 Å². The molecule has 1 fully saturated rings. The lowest BCUT2D eigenvalue weighted by molar-refractivity contribution is -0.139. The lowest BCUT2D eigenvalue weighted by Crippen LogP contribution is -2.41. The highest BCUT2D eigenvalue weighted by Crippen LogP contribution is 2.38. The highest BCUT2D eigenvalue weighted by Gasteiger charge is 2.44. The lowest BCUT2D eigenvalue weighted by Gasteiger charge is -2.34. The Bertz CT molecular complexity index is 989. The van der Waals surface area contributed by atoms with Gasteiger partial charge in [-0.2, -0.15) is 0 Å². The summed E-state index contributed by atoms with van der Waals surface area (Å²) in [5, 5.41) is 0. The number of carbonyl (C=O) groups excluding carboxylic acids is 2. The van der Waals surface area contributed by atoms with Crippen LogP contribution in [0.15, 0.2) is 60.3 Å². The molecule has 0 bridgehead atoms. The third-order valence-electron chi connectivity index (χ3n) is 6.28. The Morgan fingerprint density at radius 3 is 2.23 bits per heavy atom. The molecule has 0 atom stereocenters. The molecule has 0 spiro atoms. The van der Waals surface area contributed by atoms with Gasteiger partial charge in [-0.25, -0.2) is 0 Å². The van der Waals surface area contributed by atoms with Crippen molar-refractivity contribution in [2.24, 2.45) is 5.92 Å². The highest BCUT2D eigenvalue weighted by molar-refractivity contribution is 6.36. The van der Waals surface area contributed by atoms with Crippen molar-refractivity contribution >= 4 is 17.4 Å². The number of piperidine rings is 1. The second-order valence-electron chi connectivity index (χ2n) is 8.62. The van der Waals surface area contributed by atoms with Gasteiger partial charge in [-0.05, 0) is 50.7 Å². The van der Waals surface area contributed by atoms with Crippen LogP contribution < -0.4 is 4.74 Å². The van der Waals surface area contributed by atoms with Crippen LogP contribution in [0.3, 0.4) is 0 Å². The molecule has 0 unspecified atom stereocenters. The number of amides is 2. The van der Waals surface area contributed by atoms with Crippen LogP contribution in [0.2, 0.25) is 0 Å². The minimum atomic E-state index is -0.231. The maximum Gasteiger partial charge on any atom is 0.278 e. The Balaban J connectivity index is 1.63. The number of hydrogen-bond donors (Lipinski definition) is 0. The molecule has 2 amide bonds. The second-order valence-corrected chi connectivity index (χ2v) is 8.62. The summed E-state index contributed by atoms with van der Waals surface area (Å²) in [5.74, 6) is 0.774. The zero-order valence-electron chi connectivity index (χ0n) is 18.5. The van der Waals surface area contributed by atoms with Crippen molar-refractivity contribution in [2.45, 2.75) is 39.2 Å². The van der Waals surface area contributed by atoms with Crippen LogP contribution in [0.1, 0.15) is 37.8 Å². The highest BCUT2D eigenvalue weighted by atomic mass is 16.5. The third-order valence-corrected chi connectivity index (χ3v) is 6.28. The van der Waals surface area contributed by atoms with Gasteiger partial charge in [0.2, 0.25) is 0 Å². The fraction of sp³-hybridized carbons (Fsp3) is 0.385. The summed E-state index contributed by atoms with van der Waals surface area (Å²) in [5.41, 5.74) is 3.04. The van der Waals surface area contributed by atoms with Gasteiger partial charge in [0.1, 0.15) is 11.4 Å². The number of nitrogens with zero attached hydrogens (tertiary/aromatic N) is 2. The van der Waals surface area contributed by atoms with E-state index in [0.717, 1.165) is 32.4 Å². The van der Waals surface area contributed by atoms with Crippen LogP contribution in [0.5, 0.6) is 5.75 Å². The SMILES string of the molecule is COc1ccccc1C1=C(N2CCC(Cc3ccccc3)CC2)C(=O)N(C(C)C)C1=O.